The summed E-state index contributed by atoms with van der Waals surface area (Å²) in [6.07, 6.45) is 4.80. The number of benzene rings is 1. The predicted molar refractivity (Wildman–Crippen MR) is 79.9 cm³/mol. The smallest absolute Gasteiger partial charge is 0.297 e. The monoisotopic (exact) mass is 314 g/mol. The van der Waals surface area contributed by atoms with Gasteiger partial charge in [0.2, 0.25) is 11.8 Å². The molecule has 118 valence electrons. The Morgan fingerprint density at radius 1 is 1.17 bits per heavy atom. The minimum absolute atomic E-state index is 0.0274. The summed E-state index contributed by atoms with van der Waals surface area (Å²) in [7, 11) is 1.40. The molecule has 1 saturated heterocycles. The molecule has 2 fully saturated rings. The van der Waals surface area contributed by atoms with Gasteiger partial charge in [-0.05, 0) is 30.4 Å². The van der Waals surface area contributed by atoms with E-state index in [4.69, 9.17) is 4.74 Å². The molecule has 7 heteroatoms. The first-order valence-electron chi connectivity index (χ1n) is 7.41. The zero-order chi connectivity index (χ0) is 16.3. The molecule has 0 unspecified atom stereocenters. The van der Waals surface area contributed by atoms with E-state index in [2.05, 4.69) is 0 Å². The number of nitro groups is 1. The second-order valence-electron chi connectivity index (χ2n) is 6.12. The molecule has 0 N–H and O–H groups in total. The second-order valence-corrected chi connectivity index (χ2v) is 6.12. The maximum absolute atomic E-state index is 12.7. The normalized spacial score (nSPS) is 30.9. The number of hydrogen-bond acceptors (Lipinski definition) is 5. The number of amides is 2. The average Bonchev–Trinajstić information content (AvgIpc) is 3.21. The van der Waals surface area contributed by atoms with Crippen molar-refractivity contribution in [2.45, 2.75) is 6.42 Å². The highest BCUT2D eigenvalue weighted by Gasteiger charge is 2.60. The highest BCUT2D eigenvalue weighted by molar-refractivity contribution is 6.23. The SMILES string of the molecule is COc1ccc(N2C(=O)[C@@H]3[C@@H](C2=O)[C@@H]2C=C[C@@H]3C2)c([N+](=O)[O-])c1. The Labute approximate surface area is 131 Å². The summed E-state index contributed by atoms with van der Waals surface area (Å²) >= 11 is 0. The molecule has 1 heterocycles. The maximum Gasteiger partial charge on any atom is 0.297 e. The highest BCUT2D eigenvalue weighted by atomic mass is 16.6. The summed E-state index contributed by atoms with van der Waals surface area (Å²) in [6.45, 7) is 0. The van der Waals surface area contributed by atoms with E-state index in [9.17, 15) is 19.7 Å². The second kappa shape index (κ2) is 4.65. The number of carbonyl (C=O) groups excluding carboxylic acids is 2. The number of ether oxygens (including phenoxy) is 1. The Bertz CT molecular complexity index is 742. The molecule has 1 aromatic rings. The summed E-state index contributed by atoms with van der Waals surface area (Å²) in [6, 6.07) is 4.16. The number of rotatable bonds is 3. The van der Waals surface area contributed by atoms with Gasteiger partial charge >= 0.3 is 0 Å². The van der Waals surface area contributed by atoms with Crippen molar-refractivity contribution in [3.8, 4) is 5.75 Å². The van der Waals surface area contributed by atoms with Crippen LogP contribution in [0.1, 0.15) is 6.42 Å². The Balaban J connectivity index is 1.79. The van der Waals surface area contributed by atoms with E-state index < -0.39 is 4.92 Å². The summed E-state index contributed by atoms with van der Waals surface area (Å²) < 4.78 is 4.99. The number of anilines is 1. The molecule has 23 heavy (non-hydrogen) atoms. The standard InChI is InChI=1S/C16H14N2O5/c1-23-10-4-5-11(12(7-10)18(21)22)17-15(19)13-8-2-3-9(6-8)14(13)16(17)20/h2-5,7-9,13-14H,6H2,1H3/t8-,9-,13+,14+/m1/s1. The average molecular weight is 314 g/mol. The topological polar surface area (TPSA) is 89.8 Å². The lowest BCUT2D eigenvalue weighted by Gasteiger charge is -2.17. The van der Waals surface area contributed by atoms with Crippen molar-refractivity contribution < 1.29 is 19.2 Å². The number of hydrogen-bond donors (Lipinski definition) is 0. The van der Waals surface area contributed by atoms with Gasteiger partial charge in [-0.15, -0.1) is 0 Å². The summed E-state index contributed by atoms with van der Waals surface area (Å²) in [5.41, 5.74) is -0.272. The van der Waals surface area contributed by atoms with Crippen molar-refractivity contribution in [1.29, 1.82) is 0 Å². The zero-order valence-corrected chi connectivity index (χ0v) is 12.3. The van der Waals surface area contributed by atoms with Gasteiger partial charge in [0.15, 0.2) is 0 Å². The number of nitro benzene ring substituents is 1. The minimum Gasteiger partial charge on any atom is -0.496 e. The molecular weight excluding hydrogens is 300 g/mol. The van der Waals surface area contributed by atoms with E-state index in [-0.39, 0.29) is 46.9 Å². The molecule has 4 rings (SSSR count). The van der Waals surface area contributed by atoms with Crippen LogP contribution in [0.3, 0.4) is 0 Å². The summed E-state index contributed by atoms with van der Waals surface area (Å²) in [4.78, 5) is 37.2. The van der Waals surface area contributed by atoms with E-state index in [0.717, 1.165) is 11.3 Å². The van der Waals surface area contributed by atoms with Crippen LogP contribution in [-0.4, -0.2) is 23.8 Å². The predicted octanol–water partition coefficient (Wildman–Crippen LogP) is 1.91. The number of allylic oxidation sites excluding steroid dienone is 2. The quantitative estimate of drug-likeness (QED) is 0.368. The molecule has 2 aliphatic carbocycles. The zero-order valence-electron chi connectivity index (χ0n) is 12.3. The molecule has 0 radical (unpaired) electrons. The van der Waals surface area contributed by atoms with Crippen LogP contribution in [0.2, 0.25) is 0 Å². The van der Waals surface area contributed by atoms with Crippen molar-refractivity contribution >= 4 is 23.2 Å². The van der Waals surface area contributed by atoms with Gasteiger partial charge < -0.3 is 4.74 Å². The number of methoxy groups -OCH3 is 1. The maximum atomic E-state index is 12.7. The van der Waals surface area contributed by atoms with Crippen molar-refractivity contribution in [3.05, 3.63) is 40.5 Å². The third-order valence-electron chi connectivity index (χ3n) is 5.09. The van der Waals surface area contributed by atoms with E-state index in [1.807, 2.05) is 12.2 Å². The van der Waals surface area contributed by atoms with Crippen LogP contribution >= 0.6 is 0 Å². The lowest BCUT2D eigenvalue weighted by atomic mass is 9.85. The fourth-order valence-corrected chi connectivity index (χ4v) is 4.11. The molecule has 1 aromatic carbocycles. The molecule has 0 spiro atoms. The number of carbonyl (C=O) groups is 2. The number of fused-ring (bicyclic) bond motifs is 5. The van der Waals surface area contributed by atoms with Gasteiger partial charge in [0.05, 0.1) is 29.9 Å². The first-order chi connectivity index (χ1) is 11.0. The number of imide groups is 1. The van der Waals surface area contributed by atoms with E-state index >= 15 is 0 Å². The van der Waals surface area contributed by atoms with Crippen LogP contribution in [0, 0.1) is 33.8 Å². The third-order valence-corrected chi connectivity index (χ3v) is 5.09. The van der Waals surface area contributed by atoms with Crippen LogP contribution in [0.4, 0.5) is 11.4 Å². The molecular formula is C16H14N2O5. The van der Waals surface area contributed by atoms with Gasteiger partial charge in [0.1, 0.15) is 11.4 Å². The van der Waals surface area contributed by atoms with E-state index in [1.165, 1.54) is 25.3 Å². The van der Waals surface area contributed by atoms with E-state index in [1.54, 1.807) is 0 Å². The lowest BCUT2D eigenvalue weighted by molar-refractivity contribution is -0.384. The molecule has 1 saturated carbocycles. The Morgan fingerprint density at radius 2 is 1.78 bits per heavy atom. The Hall–Kier alpha value is -2.70. The molecule has 2 amide bonds. The Morgan fingerprint density at radius 3 is 2.30 bits per heavy atom. The molecule has 1 aliphatic heterocycles. The van der Waals surface area contributed by atoms with Gasteiger partial charge in [-0.25, -0.2) is 4.90 Å². The van der Waals surface area contributed by atoms with Crippen molar-refractivity contribution in [2.75, 3.05) is 12.0 Å². The van der Waals surface area contributed by atoms with Crippen LogP contribution in [-0.2, 0) is 9.59 Å². The lowest BCUT2D eigenvalue weighted by Crippen LogP contribution is -2.33. The van der Waals surface area contributed by atoms with Gasteiger partial charge in [-0.1, -0.05) is 12.2 Å². The summed E-state index contributed by atoms with van der Waals surface area (Å²) in [5, 5.41) is 11.3. The highest BCUT2D eigenvalue weighted by Crippen LogP contribution is 2.54. The molecule has 2 bridgehead atoms. The Kier molecular flexibility index (Phi) is 2.81. The van der Waals surface area contributed by atoms with Crippen LogP contribution in [0.5, 0.6) is 5.75 Å². The minimum atomic E-state index is -0.598. The van der Waals surface area contributed by atoms with E-state index in [0.29, 0.717) is 5.75 Å². The molecule has 7 nitrogen and oxygen atoms in total. The fourth-order valence-electron chi connectivity index (χ4n) is 4.11. The van der Waals surface area contributed by atoms with Crippen LogP contribution in [0.25, 0.3) is 0 Å². The fraction of sp³-hybridized carbons (Fsp3) is 0.375. The van der Waals surface area contributed by atoms with Gasteiger partial charge in [-0.3, -0.25) is 19.7 Å². The largest absolute Gasteiger partial charge is 0.496 e. The van der Waals surface area contributed by atoms with Gasteiger partial charge in [0, 0.05) is 0 Å². The summed E-state index contributed by atoms with van der Waals surface area (Å²) in [5.74, 6) is -0.956. The van der Waals surface area contributed by atoms with Gasteiger partial charge in [0.25, 0.3) is 5.69 Å². The first kappa shape index (κ1) is 13.9. The van der Waals surface area contributed by atoms with Crippen molar-refractivity contribution in [1.82, 2.24) is 0 Å². The third kappa shape index (κ3) is 1.76. The number of nitrogens with zero attached hydrogens (tertiary/aromatic N) is 2. The van der Waals surface area contributed by atoms with Gasteiger partial charge in [-0.2, -0.15) is 0 Å². The van der Waals surface area contributed by atoms with Crippen LogP contribution in [0.15, 0.2) is 30.4 Å². The molecule has 3 aliphatic rings. The molecule has 4 atom stereocenters. The molecule has 0 aromatic heterocycles. The van der Waals surface area contributed by atoms with Crippen molar-refractivity contribution in [2.24, 2.45) is 23.7 Å². The van der Waals surface area contributed by atoms with Crippen LogP contribution < -0.4 is 9.64 Å². The van der Waals surface area contributed by atoms with Crippen molar-refractivity contribution in [3.63, 3.8) is 0 Å². The first-order valence-corrected chi connectivity index (χ1v) is 7.41.